The minimum atomic E-state index is -0.224. The van der Waals surface area contributed by atoms with Gasteiger partial charge in [-0.05, 0) is 23.8 Å². The molecule has 0 aliphatic heterocycles. The van der Waals surface area contributed by atoms with E-state index < -0.39 is 0 Å². The van der Waals surface area contributed by atoms with Gasteiger partial charge in [0.25, 0.3) is 0 Å². The molecule has 146 valence electrons. The van der Waals surface area contributed by atoms with Crippen LogP contribution in [0.3, 0.4) is 0 Å². The van der Waals surface area contributed by atoms with Crippen molar-refractivity contribution in [1.82, 2.24) is 4.98 Å². The fraction of sp³-hybridized carbons (Fsp3) is 0.200. The van der Waals surface area contributed by atoms with E-state index in [4.69, 9.17) is 9.47 Å². The van der Waals surface area contributed by atoms with E-state index >= 15 is 0 Å². The summed E-state index contributed by atoms with van der Waals surface area (Å²) in [4.78, 5) is 16.8. The van der Waals surface area contributed by atoms with Crippen molar-refractivity contribution in [3.05, 3.63) is 64.9 Å². The first-order valence-corrected chi connectivity index (χ1v) is 10.3. The summed E-state index contributed by atoms with van der Waals surface area (Å²) >= 11 is 2.89. The molecule has 0 saturated carbocycles. The first-order chi connectivity index (χ1) is 13.6. The van der Waals surface area contributed by atoms with E-state index in [1.165, 1.54) is 36.3 Å². The van der Waals surface area contributed by atoms with Gasteiger partial charge in [0.2, 0.25) is 5.91 Å². The zero-order valence-corrected chi connectivity index (χ0v) is 17.0. The summed E-state index contributed by atoms with van der Waals surface area (Å²) < 4.78 is 24.9. The molecule has 0 spiro atoms. The van der Waals surface area contributed by atoms with Gasteiger partial charge in [-0.1, -0.05) is 30.0 Å². The molecule has 2 aromatic carbocycles. The zero-order valence-electron chi connectivity index (χ0n) is 15.4. The van der Waals surface area contributed by atoms with E-state index in [-0.39, 0.29) is 18.1 Å². The normalized spacial score (nSPS) is 10.5. The third kappa shape index (κ3) is 5.24. The van der Waals surface area contributed by atoms with Crippen molar-refractivity contribution >= 4 is 34.7 Å². The molecule has 3 aromatic rings. The van der Waals surface area contributed by atoms with Gasteiger partial charge in [0.15, 0.2) is 0 Å². The number of methoxy groups -OCH3 is 2. The third-order valence-electron chi connectivity index (χ3n) is 3.86. The van der Waals surface area contributed by atoms with Gasteiger partial charge in [0.1, 0.15) is 21.7 Å². The molecule has 1 amide bonds. The van der Waals surface area contributed by atoms with E-state index in [9.17, 15) is 9.18 Å². The Kier molecular flexibility index (Phi) is 6.89. The number of aromatic nitrogens is 1. The van der Waals surface area contributed by atoms with Gasteiger partial charge in [-0.3, -0.25) is 4.79 Å². The molecule has 8 heteroatoms. The molecule has 0 bridgehead atoms. The Bertz CT molecular complexity index is 962. The highest BCUT2D eigenvalue weighted by molar-refractivity contribution is 8.00. The minimum Gasteiger partial charge on any atom is -0.497 e. The predicted octanol–water partition coefficient (Wildman–Crippen LogP) is 4.77. The molecule has 0 saturated heterocycles. The van der Waals surface area contributed by atoms with Crippen molar-refractivity contribution in [3.8, 4) is 11.5 Å². The van der Waals surface area contributed by atoms with Crippen molar-refractivity contribution in [1.29, 1.82) is 0 Å². The lowest BCUT2D eigenvalue weighted by atomic mass is 10.2. The molecule has 28 heavy (non-hydrogen) atoms. The monoisotopic (exact) mass is 418 g/mol. The lowest BCUT2D eigenvalue weighted by molar-refractivity contribution is -0.115. The Hall–Kier alpha value is -2.58. The van der Waals surface area contributed by atoms with Crippen molar-refractivity contribution in [2.24, 2.45) is 0 Å². The standard InChI is InChI=1S/C20H19FN2O3S2/c1-25-15-7-8-18(26-2)17(10-15)23-19(24)9-14-12-28-20(22-14)27-11-13-5-3-4-6-16(13)21/h3-8,10,12H,9,11H2,1-2H3,(H,23,24). The maximum absolute atomic E-state index is 13.7. The van der Waals surface area contributed by atoms with Crippen LogP contribution in [0.1, 0.15) is 11.3 Å². The summed E-state index contributed by atoms with van der Waals surface area (Å²) in [7, 11) is 3.10. The average molecular weight is 419 g/mol. The van der Waals surface area contributed by atoms with E-state index in [2.05, 4.69) is 10.3 Å². The van der Waals surface area contributed by atoms with Crippen molar-refractivity contribution in [2.75, 3.05) is 19.5 Å². The highest BCUT2D eigenvalue weighted by Crippen LogP contribution is 2.30. The molecule has 5 nitrogen and oxygen atoms in total. The summed E-state index contributed by atoms with van der Waals surface area (Å²) in [6.07, 6.45) is 0.136. The second-order valence-corrected chi connectivity index (χ2v) is 7.86. The van der Waals surface area contributed by atoms with Crippen LogP contribution in [0.4, 0.5) is 10.1 Å². The predicted molar refractivity (Wildman–Crippen MR) is 110 cm³/mol. The Morgan fingerprint density at radius 3 is 2.79 bits per heavy atom. The SMILES string of the molecule is COc1ccc(OC)c(NC(=O)Cc2csc(SCc3ccccc3F)n2)c1. The average Bonchev–Trinajstić information content (AvgIpc) is 3.14. The molecule has 0 radical (unpaired) electrons. The van der Waals surface area contributed by atoms with Crippen LogP contribution in [0.25, 0.3) is 0 Å². The lowest BCUT2D eigenvalue weighted by Gasteiger charge is -2.11. The Morgan fingerprint density at radius 1 is 1.21 bits per heavy atom. The molecule has 1 heterocycles. The number of rotatable bonds is 8. The first kappa shape index (κ1) is 20.2. The number of amides is 1. The number of anilines is 1. The van der Waals surface area contributed by atoms with Crippen LogP contribution < -0.4 is 14.8 Å². The number of benzene rings is 2. The largest absolute Gasteiger partial charge is 0.497 e. The van der Waals surface area contributed by atoms with Crippen molar-refractivity contribution in [3.63, 3.8) is 0 Å². The van der Waals surface area contributed by atoms with Crippen LogP contribution in [0, 0.1) is 5.82 Å². The topological polar surface area (TPSA) is 60.5 Å². The number of nitrogens with zero attached hydrogens (tertiary/aromatic N) is 1. The van der Waals surface area contributed by atoms with Gasteiger partial charge in [-0.2, -0.15) is 0 Å². The van der Waals surface area contributed by atoms with Crippen LogP contribution in [0.15, 0.2) is 52.2 Å². The molecule has 0 aliphatic carbocycles. The number of halogens is 1. The van der Waals surface area contributed by atoms with Gasteiger partial charge in [0, 0.05) is 17.2 Å². The lowest BCUT2D eigenvalue weighted by Crippen LogP contribution is -2.15. The Morgan fingerprint density at radius 2 is 2.04 bits per heavy atom. The van der Waals surface area contributed by atoms with Crippen LogP contribution in [0.5, 0.6) is 11.5 Å². The van der Waals surface area contributed by atoms with Crippen molar-refractivity contribution in [2.45, 2.75) is 16.5 Å². The highest BCUT2D eigenvalue weighted by Gasteiger charge is 2.12. The first-order valence-electron chi connectivity index (χ1n) is 8.41. The second-order valence-electron chi connectivity index (χ2n) is 5.78. The van der Waals surface area contributed by atoms with Crippen LogP contribution in [0.2, 0.25) is 0 Å². The van der Waals surface area contributed by atoms with E-state index in [0.717, 1.165) is 4.34 Å². The van der Waals surface area contributed by atoms with Crippen LogP contribution >= 0.6 is 23.1 Å². The quantitative estimate of drug-likeness (QED) is 0.534. The summed E-state index contributed by atoms with van der Waals surface area (Å²) in [5, 5.41) is 4.66. The Labute approximate surface area is 170 Å². The van der Waals surface area contributed by atoms with E-state index in [1.807, 2.05) is 11.4 Å². The molecule has 3 rings (SSSR count). The maximum atomic E-state index is 13.7. The number of hydrogen-bond donors (Lipinski definition) is 1. The fourth-order valence-corrected chi connectivity index (χ4v) is 4.29. The molecule has 0 atom stereocenters. The zero-order chi connectivity index (χ0) is 19.9. The molecule has 0 aliphatic rings. The number of carbonyl (C=O) groups is 1. The van der Waals surface area contributed by atoms with E-state index in [0.29, 0.717) is 34.2 Å². The summed E-state index contributed by atoms with van der Waals surface area (Å²) in [6, 6.07) is 11.9. The molecule has 1 aromatic heterocycles. The van der Waals surface area contributed by atoms with Gasteiger partial charge in [0.05, 0.1) is 32.0 Å². The summed E-state index contributed by atoms with van der Waals surface area (Å²) in [5.74, 6) is 1.23. The highest BCUT2D eigenvalue weighted by atomic mass is 32.2. The van der Waals surface area contributed by atoms with E-state index in [1.54, 1.807) is 37.4 Å². The number of hydrogen-bond acceptors (Lipinski definition) is 6. The maximum Gasteiger partial charge on any atom is 0.230 e. The third-order valence-corrected chi connectivity index (χ3v) is 5.98. The van der Waals surface area contributed by atoms with Crippen LogP contribution in [-0.4, -0.2) is 25.1 Å². The minimum absolute atomic E-state index is 0.136. The van der Waals surface area contributed by atoms with Gasteiger partial charge < -0.3 is 14.8 Å². The molecule has 1 N–H and O–H groups in total. The number of thiazole rings is 1. The number of thioether (sulfide) groups is 1. The number of nitrogens with one attached hydrogen (secondary N) is 1. The fourth-order valence-electron chi connectivity index (χ4n) is 2.46. The van der Waals surface area contributed by atoms with Crippen molar-refractivity contribution < 1.29 is 18.7 Å². The smallest absolute Gasteiger partial charge is 0.230 e. The van der Waals surface area contributed by atoms with Gasteiger partial charge >= 0.3 is 0 Å². The molecule has 0 unspecified atom stereocenters. The van der Waals surface area contributed by atoms with Gasteiger partial charge in [-0.15, -0.1) is 11.3 Å². The summed E-state index contributed by atoms with van der Waals surface area (Å²) in [5.41, 5.74) is 1.84. The molecule has 0 fully saturated rings. The van der Waals surface area contributed by atoms with Gasteiger partial charge in [-0.25, -0.2) is 9.37 Å². The second kappa shape index (κ2) is 9.57. The number of ether oxygens (including phenoxy) is 2. The summed E-state index contributed by atoms with van der Waals surface area (Å²) in [6.45, 7) is 0. The molecular weight excluding hydrogens is 399 g/mol. The van der Waals surface area contributed by atoms with Crippen LogP contribution in [-0.2, 0) is 17.0 Å². The number of carbonyl (C=O) groups excluding carboxylic acids is 1. The molecular formula is C20H19FN2O3S2. The Balaban J connectivity index is 1.59.